The van der Waals surface area contributed by atoms with Crippen molar-refractivity contribution in [2.75, 3.05) is 18.5 Å². The topological polar surface area (TPSA) is 59.9 Å². The Kier molecular flexibility index (Phi) is 6.49. The molecule has 2 rings (SSSR count). The molecule has 0 saturated carbocycles. The molecule has 0 amide bonds. The highest BCUT2D eigenvalue weighted by Crippen LogP contribution is 2.25. The second kappa shape index (κ2) is 8.36. The van der Waals surface area contributed by atoms with Crippen LogP contribution in [-0.2, 0) is 6.42 Å². The summed E-state index contributed by atoms with van der Waals surface area (Å²) in [6.45, 7) is 3.12. The number of pyridine rings is 1. The molecule has 0 fully saturated rings. The Balaban J connectivity index is 1.78. The zero-order valence-corrected chi connectivity index (χ0v) is 14.2. The first kappa shape index (κ1) is 17.1. The summed E-state index contributed by atoms with van der Waals surface area (Å²) in [5, 5.41) is 4.59. The van der Waals surface area contributed by atoms with E-state index in [9.17, 15) is 0 Å². The summed E-state index contributed by atoms with van der Waals surface area (Å²) >= 11 is 17.9. The minimum absolute atomic E-state index is 0.374. The van der Waals surface area contributed by atoms with Crippen LogP contribution < -0.4 is 10.1 Å². The molecule has 0 radical (unpaired) electrons. The molecule has 2 aromatic rings. The van der Waals surface area contributed by atoms with Crippen LogP contribution in [0.25, 0.3) is 0 Å². The van der Waals surface area contributed by atoms with E-state index in [2.05, 4.69) is 20.3 Å². The van der Waals surface area contributed by atoms with E-state index in [0.29, 0.717) is 39.9 Å². The number of hydrogen-bond donors (Lipinski definition) is 1. The van der Waals surface area contributed by atoms with Gasteiger partial charge in [0.25, 0.3) is 0 Å². The molecule has 0 aliphatic carbocycles. The minimum atomic E-state index is 0.374. The van der Waals surface area contributed by atoms with Crippen LogP contribution >= 0.6 is 34.8 Å². The average Bonchev–Trinajstić information content (AvgIpc) is 2.50. The van der Waals surface area contributed by atoms with Gasteiger partial charge in [-0.2, -0.15) is 0 Å². The molecule has 0 aliphatic heterocycles. The molecule has 0 atom stereocenters. The van der Waals surface area contributed by atoms with Gasteiger partial charge in [0.15, 0.2) is 0 Å². The molecule has 2 aromatic heterocycles. The first-order chi connectivity index (χ1) is 10.6. The summed E-state index contributed by atoms with van der Waals surface area (Å²) in [6, 6.07) is 1.59. The van der Waals surface area contributed by atoms with Gasteiger partial charge in [0.1, 0.15) is 22.2 Å². The number of anilines is 1. The van der Waals surface area contributed by atoms with Crippen LogP contribution in [0.2, 0.25) is 15.1 Å². The van der Waals surface area contributed by atoms with E-state index in [1.807, 2.05) is 6.92 Å². The zero-order valence-electron chi connectivity index (χ0n) is 11.9. The van der Waals surface area contributed by atoms with Gasteiger partial charge in [-0.25, -0.2) is 15.0 Å². The van der Waals surface area contributed by atoms with Gasteiger partial charge in [-0.1, -0.05) is 41.7 Å². The van der Waals surface area contributed by atoms with Crippen molar-refractivity contribution in [3.8, 4) is 5.88 Å². The van der Waals surface area contributed by atoms with Gasteiger partial charge >= 0.3 is 0 Å². The molecule has 0 aliphatic rings. The van der Waals surface area contributed by atoms with Crippen LogP contribution in [0.4, 0.5) is 5.82 Å². The van der Waals surface area contributed by atoms with E-state index < -0.39 is 0 Å². The molecule has 0 saturated heterocycles. The van der Waals surface area contributed by atoms with Crippen molar-refractivity contribution in [3.63, 3.8) is 0 Å². The van der Waals surface area contributed by atoms with E-state index in [-0.39, 0.29) is 0 Å². The fraction of sp³-hybridized carbons (Fsp3) is 0.357. The van der Waals surface area contributed by atoms with Crippen molar-refractivity contribution < 1.29 is 4.74 Å². The maximum absolute atomic E-state index is 6.19. The molecule has 2 heterocycles. The predicted molar refractivity (Wildman–Crippen MR) is 89.3 cm³/mol. The molecular formula is C14H15Cl3N4O. The van der Waals surface area contributed by atoms with E-state index in [1.54, 1.807) is 6.07 Å². The summed E-state index contributed by atoms with van der Waals surface area (Å²) in [5.41, 5.74) is 0.826. The number of rotatable bonds is 7. The van der Waals surface area contributed by atoms with Gasteiger partial charge in [-0.05, 0) is 18.9 Å². The first-order valence-electron chi connectivity index (χ1n) is 6.79. The summed E-state index contributed by atoms with van der Waals surface area (Å²) < 4.78 is 5.50. The van der Waals surface area contributed by atoms with E-state index in [0.717, 1.165) is 18.5 Å². The molecule has 1 N–H and O–H groups in total. The Morgan fingerprint density at radius 2 is 2.00 bits per heavy atom. The molecule has 8 heteroatoms. The van der Waals surface area contributed by atoms with Crippen LogP contribution in [0, 0.1) is 0 Å². The number of hydrogen-bond acceptors (Lipinski definition) is 5. The highest BCUT2D eigenvalue weighted by molar-refractivity contribution is 6.35. The molecule has 0 spiro atoms. The van der Waals surface area contributed by atoms with Gasteiger partial charge in [0.2, 0.25) is 5.88 Å². The predicted octanol–water partition coefficient (Wildman–Crippen LogP) is 4.28. The highest BCUT2D eigenvalue weighted by Gasteiger charge is 2.07. The molecule has 118 valence electrons. The Morgan fingerprint density at radius 3 is 2.73 bits per heavy atom. The third kappa shape index (κ3) is 4.60. The van der Waals surface area contributed by atoms with Gasteiger partial charge in [-0.15, -0.1) is 0 Å². The smallest absolute Gasteiger partial charge is 0.232 e. The van der Waals surface area contributed by atoms with Crippen molar-refractivity contribution >= 4 is 40.6 Å². The van der Waals surface area contributed by atoms with E-state index in [4.69, 9.17) is 39.5 Å². The Labute approximate surface area is 144 Å². The largest absolute Gasteiger partial charge is 0.477 e. The van der Waals surface area contributed by atoms with Gasteiger partial charge in [0.05, 0.1) is 17.3 Å². The zero-order chi connectivity index (χ0) is 15.9. The Morgan fingerprint density at radius 1 is 1.18 bits per heavy atom. The lowest BCUT2D eigenvalue weighted by molar-refractivity contribution is 0.303. The van der Waals surface area contributed by atoms with Crippen molar-refractivity contribution in [1.29, 1.82) is 0 Å². The maximum atomic E-state index is 6.19. The van der Waals surface area contributed by atoms with Crippen molar-refractivity contribution in [2.24, 2.45) is 0 Å². The molecule has 22 heavy (non-hydrogen) atoms. The van der Waals surface area contributed by atoms with Crippen LogP contribution in [-0.4, -0.2) is 28.1 Å². The number of nitrogens with one attached hydrogen (secondary N) is 1. The number of aryl methyl sites for hydroxylation is 1. The van der Waals surface area contributed by atoms with Crippen molar-refractivity contribution in [2.45, 2.75) is 19.8 Å². The maximum Gasteiger partial charge on any atom is 0.232 e. The highest BCUT2D eigenvalue weighted by atomic mass is 35.5. The number of aromatic nitrogens is 3. The standard InChI is InChI=1S/C14H15Cl3N4O/c1-2-11-12(17)13(21-8-20-11)18-4-3-5-22-14-10(16)6-9(15)7-19-14/h6-8H,2-5H2,1H3,(H,18,20,21). The fourth-order valence-corrected chi connectivity index (χ4v) is 2.46. The minimum Gasteiger partial charge on any atom is -0.477 e. The summed E-state index contributed by atoms with van der Waals surface area (Å²) in [4.78, 5) is 12.3. The van der Waals surface area contributed by atoms with Crippen LogP contribution in [0.1, 0.15) is 19.0 Å². The molecule has 0 unspecified atom stereocenters. The van der Waals surface area contributed by atoms with E-state index >= 15 is 0 Å². The summed E-state index contributed by atoms with van der Waals surface area (Å²) in [7, 11) is 0. The van der Waals surface area contributed by atoms with Crippen LogP contribution in [0.5, 0.6) is 5.88 Å². The molecule has 0 bridgehead atoms. The van der Waals surface area contributed by atoms with Gasteiger partial charge in [-0.3, -0.25) is 0 Å². The molecular weight excluding hydrogens is 347 g/mol. The Hall–Kier alpha value is -1.30. The van der Waals surface area contributed by atoms with Gasteiger partial charge < -0.3 is 10.1 Å². The SMILES string of the molecule is CCc1ncnc(NCCCOc2ncc(Cl)cc2Cl)c1Cl. The summed E-state index contributed by atoms with van der Waals surface area (Å²) in [6.07, 6.45) is 4.50. The number of nitrogens with zero attached hydrogens (tertiary/aromatic N) is 3. The second-order valence-corrected chi connectivity index (χ2v) is 5.63. The van der Waals surface area contributed by atoms with Crippen molar-refractivity contribution in [1.82, 2.24) is 15.0 Å². The molecule has 5 nitrogen and oxygen atoms in total. The first-order valence-corrected chi connectivity index (χ1v) is 7.92. The third-order valence-electron chi connectivity index (χ3n) is 2.82. The Bertz CT molecular complexity index is 639. The van der Waals surface area contributed by atoms with Crippen LogP contribution in [0.15, 0.2) is 18.6 Å². The number of ether oxygens (including phenoxy) is 1. The average molecular weight is 362 g/mol. The molecule has 0 aromatic carbocycles. The monoisotopic (exact) mass is 360 g/mol. The lowest BCUT2D eigenvalue weighted by atomic mass is 10.3. The number of halogens is 3. The van der Waals surface area contributed by atoms with E-state index in [1.165, 1.54) is 12.5 Å². The fourth-order valence-electron chi connectivity index (χ4n) is 1.73. The second-order valence-electron chi connectivity index (χ2n) is 4.41. The van der Waals surface area contributed by atoms with Gasteiger partial charge in [0, 0.05) is 12.7 Å². The normalized spacial score (nSPS) is 10.5. The lowest BCUT2D eigenvalue weighted by Crippen LogP contribution is -2.10. The van der Waals surface area contributed by atoms with Crippen LogP contribution in [0.3, 0.4) is 0 Å². The lowest BCUT2D eigenvalue weighted by Gasteiger charge is -2.10. The van der Waals surface area contributed by atoms with Crippen molar-refractivity contribution in [3.05, 3.63) is 39.4 Å². The summed E-state index contributed by atoms with van der Waals surface area (Å²) in [5.74, 6) is 1.01. The third-order valence-corrected chi connectivity index (χ3v) is 3.70. The quantitative estimate of drug-likeness (QED) is 0.746.